The Morgan fingerprint density at radius 1 is 1.22 bits per heavy atom. The molecule has 1 aliphatic heterocycles. The highest BCUT2D eigenvalue weighted by atomic mass is 32.2. The van der Waals surface area contributed by atoms with E-state index in [0.717, 1.165) is 11.1 Å². The molecule has 0 aliphatic carbocycles. The number of benzene rings is 2. The van der Waals surface area contributed by atoms with Crippen molar-refractivity contribution >= 4 is 27.2 Å². The highest BCUT2D eigenvalue weighted by Gasteiger charge is 2.21. The first-order valence-corrected chi connectivity index (χ1v) is 12.3. The van der Waals surface area contributed by atoms with Gasteiger partial charge in [-0.1, -0.05) is 42.0 Å². The lowest BCUT2D eigenvalue weighted by molar-refractivity contribution is 0.0947. The Morgan fingerprint density at radius 3 is 2.59 bits per heavy atom. The standard InChI is InChI=1S/C24H26FN3O3S/c1-16-12-19(10-11-32(2,30)31)28-23(22(26)13-16)18-8-9-20(21(25)14-18)24(29)27-15-17-6-4-3-5-7-17/h3-9,13-14,19,26H,10-12,15H2,1-2H3,(H,27,29). The van der Waals surface area contributed by atoms with Crippen molar-refractivity contribution in [2.45, 2.75) is 32.4 Å². The molecule has 0 bridgehead atoms. The van der Waals surface area contributed by atoms with E-state index in [1.807, 2.05) is 37.3 Å². The van der Waals surface area contributed by atoms with Crippen LogP contribution in [0.2, 0.25) is 0 Å². The second-order valence-electron chi connectivity index (χ2n) is 8.02. The monoisotopic (exact) mass is 455 g/mol. The minimum Gasteiger partial charge on any atom is -0.348 e. The van der Waals surface area contributed by atoms with E-state index in [1.54, 1.807) is 12.1 Å². The van der Waals surface area contributed by atoms with Crippen LogP contribution in [0.3, 0.4) is 0 Å². The fraction of sp³-hybridized carbons (Fsp3) is 0.292. The summed E-state index contributed by atoms with van der Waals surface area (Å²) in [6.07, 6.45) is 3.70. The van der Waals surface area contributed by atoms with Gasteiger partial charge in [0.2, 0.25) is 0 Å². The maximum absolute atomic E-state index is 14.8. The van der Waals surface area contributed by atoms with Crippen LogP contribution in [0.4, 0.5) is 4.39 Å². The molecule has 0 aromatic heterocycles. The summed E-state index contributed by atoms with van der Waals surface area (Å²) in [6, 6.07) is 13.2. The van der Waals surface area contributed by atoms with Crippen molar-refractivity contribution < 1.29 is 17.6 Å². The van der Waals surface area contributed by atoms with Gasteiger partial charge >= 0.3 is 0 Å². The van der Waals surface area contributed by atoms with Gasteiger partial charge in [-0.3, -0.25) is 15.2 Å². The molecule has 1 atom stereocenters. The second kappa shape index (κ2) is 9.99. The van der Waals surface area contributed by atoms with Crippen LogP contribution < -0.4 is 5.32 Å². The van der Waals surface area contributed by atoms with Gasteiger partial charge in [-0.05, 0) is 43.5 Å². The number of amides is 1. The van der Waals surface area contributed by atoms with Gasteiger partial charge in [-0.15, -0.1) is 0 Å². The van der Waals surface area contributed by atoms with Crippen LogP contribution in [0.25, 0.3) is 0 Å². The van der Waals surface area contributed by atoms with Gasteiger partial charge in [0.1, 0.15) is 15.7 Å². The summed E-state index contributed by atoms with van der Waals surface area (Å²) in [6.45, 7) is 2.14. The molecule has 1 aliphatic rings. The molecule has 0 spiro atoms. The van der Waals surface area contributed by atoms with Gasteiger partial charge < -0.3 is 5.32 Å². The van der Waals surface area contributed by atoms with Crippen LogP contribution in [0, 0.1) is 11.2 Å². The molecule has 2 aromatic carbocycles. The molecular formula is C24H26FN3O3S. The number of sulfone groups is 1. The van der Waals surface area contributed by atoms with Gasteiger partial charge in [-0.2, -0.15) is 0 Å². The zero-order valence-electron chi connectivity index (χ0n) is 18.1. The average molecular weight is 456 g/mol. The lowest BCUT2D eigenvalue weighted by Gasteiger charge is -2.13. The molecule has 0 saturated carbocycles. The second-order valence-corrected chi connectivity index (χ2v) is 10.3. The van der Waals surface area contributed by atoms with Crippen LogP contribution in [0.1, 0.15) is 41.3 Å². The molecule has 168 valence electrons. The molecule has 8 heteroatoms. The van der Waals surface area contributed by atoms with Crippen molar-refractivity contribution in [3.05, 3.63) is 82.7 Å². The summed E-state index contributed by atoms with van der Waals surface area (Å²) in [7, 11) is -3.14. The minimum absolute atomic E-state index is 0.00998. The lowest BCUT2D eigenvalue weighted by Crippen LogP contribution is -2.24. The molecular weight excluding hydrogens is 429 g/mol. The van der Waals surface area contributed by atoms with E-state index in [1.165, 1.54) is 18.4 Å². The van der Waals surface area contributed by atoms with E-state index >= 15 is 0 Å². The smallest absolute Gasteiger partial charge is 0.254 e. The number of hydrogen-bond acceptors (Lipinski definition) is 5. The van der Waals surface area contributed by atoms with Crippen molar-refractivity contribution in [1.82, 2.24) is 5.32 Å². The fourth-order valence-electron chi connectivity index (χ4n) is 3.51. The number of nitrogens with one attached hydrogen (secondary N) is 2. The number of nitrogens with zero attached hydrogens (tertiary/aromatic N) is 1. The van der Waals surface area contributed by atoms with Gasteiger partial charge in [0, 0.05) is 18.4 Å². The maximum Gasteiger partial charge on any atom is 0.254 e. The molecule has 32 heavy (non-hydrogen) atoms. The van der Waals surface area contributed by atoms with Crippen molar-refractivity contribution in [2.24, 2.45) is 4.99 Å². The predicted molar refractivity (Wildman–Crippen MR) is 125 cm³/mol. The Kier molecular flexibility index (Phi) is 7.35. The first kappa shape index (κ1) is 23.5. The van der Waals surface area contributed by atoms with Crippen LogP contribution >= 0.6 is 0 Å². The molecule has 1 heterocycles. The van der Waals surface area contributed by atoms with E-state index in [4.69, 9.17) is 5.41 Å². The number of aliphatic imine (C=N–C) groups is 1. The molecule has 1 unspecified atom stereocenters. The first-order valence-electron chi connectivity index (χ1n) is 10.3. The van der Waals surface area contributed by atoms with Crippen molar-refractivity contribution in [2.75, 3.05) is 12.0 Å². The number of hydrogen-bond donors (Lipinski definition) is 2. The number of allylic oxidation sites excluding steroid dienone is 1. The third-order valence-electron chi connectivity index (χ3n) is 5.12. The van der Waals surface area contributed by atoms with Gasteiger partial charge in [0.05, 0.1) is 28.8 Å². The normalized spacial score (nSPS) is 16.7. The Bertz CT molecular complexity index is 1190. The van der Waals surface area contributed by atoms with E-state index in [2.05, 4.69) is 10.3 Å². The number of rotatable bonds is 7. The van der Waals surface area contributed by atoms with Crippen molar-refractivity contribution in [1.29, 1.82) is 5.41 Å². The highest BCUT2D eigenvalue weighted by molar-refractivity contribution is 7.90. The Balaban J connectivity index is 1.81. The summed E-state index contributed by atoms with van der Waals surface area (Å²) >= 11 is 0. The Labute approximate surface area is 187 Å². The molecule has 6 nitrogen and oxygen atoms in total. The third kappa shape index (κ3) is 6.43. The molecule has 2 N–H and O–H groups in total. The Morgan fingerprint density at radius 2 is 1.94 bits per heavy atom. The van der Waals surface area contributed by atoms with Gasteiger partial charge in [0.15, 0.2) is 0 Å². The van der Waals surface area contributed by atoms with E-state index in [-0.39, 0.29) is 35.3 Å². The summed E-state index contributed by atoms with van der Waals surface area (Å²) in [5, 5.41) is 11.0. The van der Waals surface area contributed by atoms with E-state index < -0.39 is 21.6 Å². The molecule has 1 amide bonds. The molecule has 0 saturated heterocycles. The van der Waals surface area contributed by atoms with E-state index in [9.17, 15) is 17.6 Å². The molecule has 2 aromatic rings. The quantitative estimate of drug-likeness (QED) is 0.666. The summed E-state index contributed by atoms with van der Waals surface area (Å²) in [5.74, 6) is -1.25. The summed E-state index contributed by atoms with van der Waals surface area (Å²) < 4.78 is 37.9. The average Bonchev–Trinajstić information content (AvgIpc) is 2.88. The highest BCUT2D eigenvalue weighted by Crippen LogP contribution is 2.21. The number of halogens is 1. The number of carbonyl (C=O) groups excluding carboxylic acids is 1. The maximum atomic E-state index is 14.8. The molecule has 0 fully saturated rings. The van der Waals surface area contributed by atoms with Crippen LogP contribution in [0.15, 0.2) is 65.2 Å². The van der Waals surface area contributed by atoms with Crippen LogP contribution in [-0.2, 0) is 16.4 Å². The predicted octanol–water partition coefficient (Wildman–Crippen LogP) is 3.72. The van der Waals surface area contributed by atoms with Gasteiger partial charge in [-0.25, -0.2) is 12.8 Å². The lowest BCUT2D eigenvalue weighted by atomic mass is 10.0. The van der Waals surface area contributed by atoms with Crippen molar-refractivity contribution in [3.63, 3.8) is 0 Å². The van der Waals surface area contributed by atoms with Crippen LogP contribution in [-0.4, -0.2) is 43.8 Å². The SMILES string of the molecule is CC1=CC(=N)C(c2ccc(C(=O)NCc3ccccc3)c(F)c2)=NC(CCS(C)(=O)=O)C1. The zero-order chi connectivity index (χ0) is 23.3. The first-order chi connectivity index (χ1) is 15.1. The van der Waals surface area contributed by atoms with Crippen LogP contribution in [0.5, 0.6) is 0 Å². The Hall–Kier alpha value is -3.13. The van der Waals surface area contributed by atoms with Crippen molar-refractivity contribution in [3.8, 4) is 0 Å². The topological polar surface area (TPSA) is 99.4 Å². The fourth-order valence-corrected chi connectivity index (χ4v) is 4.21. The zero-order valence-corrected chi connectivity index (χ0v) is 18.9. The largest absolute Gasteiger partial charge is 0.348 e. The summed E-state index contributed by atoms with van der Waals surface area (Å²) in [5.41, 5.74) is 2.51. The third-order valence-corrected chi connectivity index (χ3v) is 6.10. The molecule has 3 rings (SSSR count). The number of carbonyl (C=O) groups is 1. The van der Waals surface area contributed by atoms with Gasteiger partial charge in [0.25, 0.3) is 5.91 Å². The van der Waals surface area contributed by atoms with E-state index in [0.29, 0.717) is 18.4 Å². The summed E-state index contributed by atoms with van der Waals surface area (Å²) in [4.78, 5) is 17.0. The molecule has 0 radical (unpaired) electrons. The minimum atomic E-state index is -3.14.